The second-order valence-electron chi connectivity index (χ2n) is 4.92. The van der Waals surface area contributed by atoms with E-state index < -0.39 is 0 Å². The van der Waals surface area contributed by atoms with E-state index in [0.29, 0.717) is 30.5 Å². The molecule has 1 aromatic carbocycles. The highest BCUT2D eigenvalue weighted by Crippen LogP contribution is 2.19. The maximum absolute atomic E-state index is 12.4. The highest BCUT2D eigenvalue weighted by molar-refractivity contribution is 6.00. The van der Waals surface area contributed by atoms with Crippen molar-refractivity contribution in [3.63, 3.8) is 0 Å². The zero-order chi connectivity index (χ0) is 14.3. The molecule has 0 saturated heterocycles. The first kappa shape index (κ1) is 15.7. The summed E-state index contributed by atoms with van der Waals surface area (Å²) >= 11 is 0. The third kappa shape index (κ3) is 4.67. The van der Waals surface area contributed by atoms with Crippen LogP contribution in [0.3, 0.4) is 0 Å². The first-order valence-electron chi connectivity index (χ1n) is 7.09. The van der Waals surface area contributed by atoms with Gasteiger partial charge in [0.2, 0.25) is 0 Å². The van der Waals surface area contributed by atoms with Gasteiger partial charge >= 0.3 is 0 Å². The minimum atomic E-state index is 0.131. The molecule has 0 aromatic heterocycles. The molecule has 3 heteroatoms. The zero-order valence-corrected chi connectivity index (χ0v) is 12.5. The SMILES string of the molecule is CCCN(CC(=O)c1ccccc1OCC)C(C)C. The first-order valence-corrected chi connectivity index (χ1v) is 7.09. The Morgan fingerprint density at radius 1 is 1.26 bits per heavy atom. The molecular weight excluding hydrogens is 238 g/mol. The Morgan fingerprint density at radius 3 is 2.53 bits per heavy atom. The standard InChI is InChI=1S/C16H25NO2/c1-5-11-17(13(3)4)12-15(18)14-9-7-8-10-16(14)19-6-2/h7-10,13H,5-6,11-12H2,1-4H3. The van der Waals surface area contributed by atoms with Crippen LogP contribution in [0.4, 0.5) is 0 Å². The monoisotopic (exact) mass is 263 g/mol. The first-order chi connectivity index (χ1) is 9.10. The van der Waals surface area contributed by atoms with Crippen molar-refractivity contribution in [1.29, 1.82) is 0 Å². The van der Waals surface area contributed by atoms with E-state index in [1.807, 2.05) is 31.2 Å². The summed E-state index contributed by atoms with van der Waals surface area (Å²) in [5.41, 5.74) is 0.686. The fourth-order valence-electron chi connectivity index (χ4n) is 2.06. The normalized spacial score (nSPS) is 11.1. The number of para-hydroxylation sites is 1. The molecule has 0 heterocycles. The van der Waals surface area contributed by atoms with Crippen LogP contribution in [0.15, 0.2) is 24.3 Å². The molecule has 3 nitrogen and oxygen atoms in total. The molecule has 0 aliphatic carbocycles. The Kier molecular flexibility index (Phi) is 6.57. The average Bonchev–Trinajstić information content (AvgIpc) is 2.39. The number of nitrogens with zero attached hydrogens (tertiary/aromatic N) is 1. The van der Waals surface area contributed by atoms with Gasteiger partial charge < -0.3 is 4.74 Å². The van der Waals surface area contributed by atoms with Crippen LogP contribution in [-0.4, -0.2) is 36.4 Å². The summed E-state index contributed by atoms with van der Waals surface area (Å²) < 4.78 is 5.52. The molecule has 0 amide bonds. The predicted octanol–water partition coefficient (Wildman–Crippen LogP) is 3.39. The van der Waals surface area contributed by atoms with Gasteiger partial charge in [0.05, 0.1) is 18.7 Å². The molecule has 0 bridgehead atoms. The lowest BCUT2D eigenvalue weighted by molar-refractivity contribution is 0.0902. The van der Waals surface area contributed by atoms with Gasteiger partial charge in [-0.2, -0.15) is 0 Å². The van der Waals surface area contributed by atoms with E-state index in [0.717, 1.165) is 13.0 Å². The van der Waals surface area contributed by atoms with E-state index in [1.165, 1.54) is 0 Å². The minimum absolute atomic E-state index is 0.131. The molecule has 0 atom stereocenters. The van der Waals surface area contributed by atoms with Crippen molar-refractivity contribution in [1.82, 2.24) is 4.90 Å². The number of carbonyl (C=O) groups is 1. The second kappa shape index (κ2) is 7.95. The maximum Gasteiger partial charge on any atom is 0.180 e. The molecule has 0 spiro atoms. The van der Waals surface area contributed by atoms with Crippen LogP contribution in [-0.2, 0) is 0 Å². The van der Waals surface area contributed by atoms with Crippen molar-refractivity contribution < 1.29 is 9.53 Å². The van der Waals surface area contributed by atoms with Gasteiger partial charge in [0.25, 0.3) is 0 Å². The molecular formula is C16H25NO2. The summed E-state index contributed by atoms with van der Waals surface area (Å²) in [6, 6.07) is 7.86. The lowest BCUT2D eigenvalue weighted by atomic mass is 10.1. The predicted molar refractivity (Wildman–Crippen MR) is 78.9 cm³/mol. The molecule has 0 fully saturated rings. The van der Waals surface area contributed by atoms with Crippen LogP contribution in [0.1, 0.15) is 44.5 Å². The molecule has 0 aliphatic heterocycles. The Labute approximate surface area is 116 Å². The molecule has 1 aromatic rings. The summed E-state index contributed by atoms with van der Waals surface area (Å²) in [6.07, 6.45) is 1.05. The summed E-state index contributed by atoms with van der Waals surface area (Å²) in [7, 11) is 0. The molecule has 0 aliphatic rings. The minimum Gasteiger partial charge on any atom is -0.493 e. The van der Waals surface area contributed by atoms with Crippen molar-refractivity contribution >= 4 is 5.78 Å². The maximum atomic E-state index is 12.4. The average molecular weight is 263 g/mol. The van der Waals surface area contributed by atoms with Crippen LogP contribution in [0.5, 0.6) is 5.75 Å². The Balaban J connectivity index is 2.81. The number of hydrogen-bond acceptors (Lipinski definition) is 3. The quantitative estimate of drug-likeness (QED) is 0.673. The Morgan fingerprint density at radius 2 is 1.95 bits per heavy atom. The highest BCUT2D eigenvalue weighted by atomic mass is 16.5. The van der Waals surface area contributed by atoms with Gasteiger partial charge in [0.1, 0.15) is 5.75 Å². The zero-order valence-electron chi connectivity index (χ0n) is 12.5. The highest BCUT2D eigenvalue weighted by Gasteiger charge is 2.17. The Bertz CT molecular complexity index is 401. The molecule has 0 saturated carbocycles. The topological polar surface area (TPSA) is 29.5 Å². The van der Waals surface area contributed by atoms with Gasteiger partial charge in [-0.1, -0.05) is 19.1 Å². The summed E-state index contributed by atoms with van der Waals surface area (Å²) in [5.74, 6) is 0.821. The third-order valence-electron chi connectivity index (χ3n) is 3.08. The lowest BCUT2D eigenvalue weighted by Crippen LogP contribution is -2.36. The second-order valence-corrected chi connectivity index (χ2v) is 4.92. The van der Waals surface area contributed by atoms with Crippen molar-refractivity contribution in [3.05, 3.63) is 29.8 Å². The van der Waals surface area contributed by atoms with Crippen LogP contribution >= 0.6 is 0 Å². The van der Waals surface area contributed by atoms with E-state index in [-0.39, 0.29) is 5.78 Å². The van der Waals surface area contributed by atoms with Crippen LogP contribution in [0.25, 0.3) is 0 Å². The van der Waals surface area contributed by atoms with Gasteiger partial charge in [0.15, 0.2) is 5.78 Å². The van der Waals surface area contributed by atoms with Crippen molar-refractivity contribution in [2.45, 2.75) is 40.2 Å². The van der Waals surface area contributed by atoms with Crippen LogP contribution in [0, 0.1) is 0 Å². The summed E-state index contributed by atoms with van der Waals surface area (Å²) in [6.45, 7) is 10.3. The molecule has 0 unspecified atom stereocenters. The third-order valence-corrected chi connectivity index (χ3v) is 3.08. The smallest absolute Gasteiger partial charge is 0.180 e. The molecule has 1 rings (SSSR count). The number of hydrogen-bond donors (Lipinski definition) is 0. The number of carbonyl (C=O) groups excluding carboxylic acids is 1. The van der Waals surface area contributed by atoms with Gasteiger partial charge in [0, 0.05) is 6.04 Å². The molecule has 0 radical (unpaired) electrons. The molecule has 19 heavy (non-hydrogen) atoms. The van der Waals surface area contributed by atoms with Crippen LogP contribution in [0.2, 0.25) is 0 Å². The number of ether oxygens (including phenoxy) is 1. The van der Waals surface area contributed by atoms with Crippen molar-refractivity contribution in [3.8, 4) is 5.75 Å². The van der Waals surface area contributed by atoms with Gasteiger partial charge in [-0.05, 0) is 45.9 Å². The fraction of sp³-hybridized carbons (Fsp3) is 0.562. The summed E-state index contributed by atoms with van der Waals surface area (Å²) in [4.78, 5) is 14.6. The molecule has 106 valence electrons. The fourth-order valence-corrected chi connectivity index (χ4v) is 2.06. The van der Waals surface area contributed by atoms with Crippen molar-refractivity contribution in [2.24, 2.45) is 0 Å². The number of ketones is 1. The van der Waals surface area contributed by atoms with Crippen LogP contribution < -0.4 is 4.74 Å². The molecule has 0 N–H and O–H groups in total. The van der Waals surface area contributed by atoms with Gasteiger partial charge in [-0.25, -0.2) is 0 Å². The van der Waals surface area contributed by atoms with E-state index in [1.54, 1.807) is 0 Å². The largest absolute Gasteiger partial charge is 0.493 e. The van der Waals surface area contributed by atoms with E-state index in [9.17, 15) is 4.79 Å². The van der Waals surface area contributed by atoms with Gasteiger partial charge in [-0.3, -0.25) is 9.69 Å². The lowest BCUT2D eigenvalue weighted by Gasteiger charge is -2.25. The number of Topliss-reactive ketones (excluding diaryl/α,β-unsaturated/α-hetero) is 1. The number of rotatable bonds is 8. The van der Waals surface area contributed by atoms with Crippen molar-refractivity contribution in [2.75, 3.05) is 19.7 Å². The summed E-state index contributed by atoms with van der Waals surface area (Å²) in [5, 5.41) is 0. The van der Waals surface area contributed by atoms with E-state index >= 15 is 0 Å². The number of benzene rings is 1. The van der Waals surface area contributed by atoms with E-state index in [2.05, 4.69) is 25.7 Å². The Hall–Kier alpha value is -1.35. The van der Waals surface area contributed by atoms with Gasteiger partial charge in [-0.15, -0.1) is 0 Å². The van der Waals surface area contributed by atoms with E-state index in [4.69, 9.17) is 4.74 Å².